The number of rotatable bonds is 5. The molecular formula is C14H28FN. The van der Waals surface area contributed by atoms with E-state index in [1.54, 1.807) is 0 Å². The molecule has 2 atom stereocenters. The van der Waals surface area contributed by atoms with E-state index in [-0.39, 0.29) is 5.41 Å². The number of unbranched alkanes of at least 4 members (excludes halogenated alkanes) is 1. The van der Waals surface area contributed by atoms with Gasteiger partial charge in [-0.05, 0) is 39.3 Å². The monoisotopic (exact) mass is 229 g/mol. The molecule has 0 N–H and O–H groups in total. The lowest BCUT2D eigenvalue weighted by atomic mass is 9.64. The number of hydrogen-bond donors (Lipinski definition) is 0. The first-order chi connectivity index (χ1) is 7.51. The molecule has 1 rings (SSSR count). The summed E-state index contributed by atoms with van der Waals surface area (Å²) in [4.78, 5) is 2.25. The molecule has 0 amide bonds. The van der Waals surface area contributed by atoms with E-state index < -0.39 is 5.67 Å². The fourth-order valence-corrected chi connectivity index (χ4v) is 3.19. The second-order valence-electron chi connectivity index (χ2n) is 5.55. The van der Waals surface area contributed by atoms with E-state index in [1.807, 2.05) is 6.92 Å². The maximum atomic E-state index is 14.9. The molecule has 0 aromatic rings. The van der Waals surface area contributed by atoms with Crippen LogP contribution < -0.4 is 0 Å². The van der Waals surface area contributed by atoms with Crippen LogP contribution in [-0.2, 0) is 0 Å². The molecule has 16 heavy (non-hydrogen) atoms. The molecule has 1 nitrogen and oxygen atoms in total. The lowest BCUT2D eigenvalue weighted by Gasteiger charge is -2.50. The topological polar surface area (TPSA) is 3.24 Å². The summed E-state index contributed by atoms with van der Waals surface area (Å²) in [6, 6.07) is 0. The van der Waals surface area contributed by atoms with Gasteiger partial charge >= 0.3 is 0 Å². The molecule has 0 aromatic heterocycles. The van der Waals surface area contributed by atoms with E-state index in [0.29, 0.717) is 6.54 Å². The smallest absolute Gasteiger partial charge is 0.126 e. The number of hydrogen-bond acceptors (Lipinski definition) is 1. The van der Waals surface area contributed by atoms with E-state index in [9.17, 15) is 4.39 Å². The third kappa shape index (κ3) is 2.58. The van der Waals surface area contributed by atoms with Crippen molar-refractivity contribution in [2.75, 3.05) is 19.6 Å². The summed E-state index contributed by atoms with van der Waals surface area (Å²) in [6.07, 6.45) is 5.42. The fraction of sp³-hybridized carbons (Fsp3) is 1.00. The third-order valence-corrected chi connectivity index (χ3v) is 4.67. The van der Waals surface area contributed by atoms with Gasteiger partial charge in [0.25, 0.3) is 0 Å². The van der Waals surface area contributed by atoms with E-state index in [0.717, 1.165) is 32.4 Å². The van der Waals surface area contributed by atoms with Gasteiger partial charge in [0.05, 0.1) is 0 Å². The number of likely N-dealkylation sites (tertiary alicyclic amines) is 1. The van der Waals surface area contributed by atoms with Crippen molar-refractivity contribution in [3.8, 4) is 0 Å². The molecule has 1 aliphatic heterocycles. The fourth-order valence-electron chi connectivity index (χ4n) is 3.19. The third-order valence-electron chi connectivity index (χ3n) is 4.67. The normalized spacial score (nSPS) is 36.6. The summed E-state index contributed by atoms with van der Waals surface area (Å²) in [7, 11) is 0. The van der Waals surface area contributed by atoms with Crippen molar-refractivity contribution in [1.82, 2.24) is 4.90 Å². The van der Waals surface area contributed by atoms with Crippen LogP contribution in [0.15, 0.2) is 0 Å². The molecule has 2 heteroatoms. The lowest BCUT2D eigenvalue weighted by Crippen LogP contribution is -2.56. The van der Waals surface area contributed by atoms with Crippen LogP contribution in [0.1, 0.15) is 59.8 Å². The molecule has 0 aliphatic carbocycles. The van der Waals surface area contributed by atoms with Crippen LogP contribution in [0.2, 0.25) is 0 Å². The summed E-state index contributed by atoms with van der Waals surface area (Å²) < 4.78 is 14.9. The molecule has 1 fully saturated rings. The molecule has 0 aromatic carbocycles. The Bertz CT molecular complexity index is 215. The number of halogens is 1. The van der Waals surface area contributed by atoms with E-state index in [2.05, 4.69) is 25.7 Å². The minimum absolute atomic E-state index is 0.0608. The Labute approximate surface area is 100 Å². The quantitative estimate of drug-likeness (QED) is 0.688. The van der Waals surface area contributed by atoms with Crippen molar-refractivity contribution in [1.29, 1.82) is 0 Å². The predicted octanol–water partition coefficient (Wildman–Crippen LogP) is 4.03. The predicted molar refractivity (Wildman–Crippen MR) is 68.5 cm³/mol. The van der Waals surface area contributed by atoms with Crippen molar-refractivity contribution in [2.24, 2.45) is 5.41 Å². The molecule has 96 valence electrons. The minimum atomic E-state index is -1.01. The van der Waals surface area contributed by atoms with Crippen molar-refractivity contribution >= 4 is 0 Å². The summed E-state index contributed by atoms with van der Waals surface area (Å²) >= 11 is 0. The van der Waals surface area contributed by atoms with Crippen LogP contribution in [0.25, 0.3) is 0 Å². The maximum Gasteiger partial charge on any atom is 0.126 e. The number of piperidine rings is 1. The van der Waals surface area contributed by atoms with Gasteiger partial charge in [0.15, 0.2) is 0 Å². The van der Waals surface area contributed by atoms with Crippen LogP contribution in [0, 0.1) is 5.41 Å². The highest BCUT2D eigenvalue weighted by molar-refractivity contribution is 5.01. The highest BCUT2D eigenvalue weighted by Crippen LogP contribution is 2.48. The van der Waals surface area contributed by atoms with Gasteiger partial charge in [0.2, 0.25) is 0 Å². The minimum Gasteiger partial charge on any atom is -0.300 e. The van der Waals surface area contributed by atoms with Crippen molar-refractivity contribution in [3.63, 3.8) is 0 Å². The molecule has 0 saturated carbocycles. The first kappa shape index (κ1) is 14.0. The lowest BCUT2D eigenvalue weighted by molar-refractivity contribution is -0.0754. The first-order valence-electron chi connectivity index (χ1n) is 6.92. The zero-order valence-electron chi connectivity index (χ0n) is 11.5. The van der Waals surface area contributed by atoms with Gasteiger partial charge in [-0.1, -0.05) is 33.6 Å². The Morgan fingerprint density at radius 2 is 1.94 bits per heavy atom. The van der Waals surface area contributed by atoms with Crippen LogP contribution in [-0.4, -0.2) is 30.2 Å². The van der Waals surface area contributed by atoms with Crippen molar-refractivity contribution in [3.05, 3.63) is 0 Å². The second kappa shape index (κ2) is 5.48. The van der Waals surface area contributed by atoms with Crippen LogP contribution in [0.4, 0.5) is 4.39 Å². The Balaban J connectivity index is 2.76. The summed E-state index contributed by atoms with van der Waals surface area (Å²) in [5.41, 5.74) is -1.07. The van der Waals surface area contributed by atoms with Crippen LogP contribution in [0.3, 0.4) is 0 Å². The highest BCUT2D eigenvalue weighted by atomic mass is 19.1. The molecule has 1 aliphatic rings. The summed E-state index contributed by atoms with van der Waals surface area (Å²) in [5, 5.41) is 0. The molecule has 1 heterocycles. The molecule has 0 radical (unpaired) electrons. The Hall–Kier alpha value is -0.110. The average molecular weight is 229 g/mol. The van der Waals surface area contributed by atoms with Gasteiger partial charge in [0, 0.05) is 12.0 Å². The summed E-state index contributed by atoms with van der Waals surface area (Å²) in [5.74, 6) is 0. The maximum absolute atomic E-state index is 14.9. The van der Waals surface area contributed by atoms with Gasteiger partial charge in [-0.15, -0.1) is 0 Å². The van der Waals surface area contributed by atoms with Crippen molar-refractivity contribution < 1.29 is 4.39 Å². The van der Waals surface area contributed by atoms with Gasteiger partial charge in [-0.25, -0.2) is 4.39 Å². The first-order valence-corrected chi connectivity index (χ1v) is 6.92. The molecule has 2 unspecified atom stereocenters. The molecule has 0 bridgehead atoms. The van der Waals surface area contributed by atoms with Crippen LogP contribution >= 0.6 is 0 Å². The number of alkyl halides is 1. The Morgan fingerprint density at radius 3 is 2.38 bits per heavy atom. The molecular weight excluding hydrogens is 201 g/mol. The SMILES string of the molecule is CCCCC1(CC)CCN(CC)CC1(C)F. The molecule has 0 spiro atoms. The van der Waals surface area contributed by atoms with Gasteiger partial charge in [0.1, 0.15) is 5.67 Å². The zero-order valence-corrected chi connectivity index (χ0v) is 11.5. The summed E-state index contributed by atoms with van der Waals surface area (Å²) in [6.45, 7) is 11.0. The van der Waals surface area contributed by atoms with E-state index in [1.165, 1.54) is 12.8 Å². The standard InChI is InChI=1S/C14H28FN/c1-5-8-9-14(6-2)10-11-16(7-3)12-13(14,4)15/h5-12H2,1-4H3. The molecule has 1 saturated heterocycles. The van der Waals surface area contributed by atoms with E-state index in [4.69, 9.17) is 0 Å². The number of nitrogens with zero attached hydrogens (tertiary/aromatic N) is 1. The zero-order chi connectivity index (χ0) is 12.2. The largest absolute Gasteiger partial charge is 0.300 e. The average Bonchev–Trinajstić information content (AvgIpc) is 2.27. The van der Waals surface area contributed by atoms with Crippen LogP contribution in [0.5, 0.6) is 0 Å². The Morgan fingerprint density at radius 1 is 1.25 bits per heavy atom. The highest BCUT2D eigenvalue weighted by Gasteiger charge is 2.50. The van der Waals surface area contributed by atoms with E-state index >= 15 is 0 Å². The van der Waals surface area contributed by atoms with Gasteiger partial charge in [-0.2, -0.15) is 0 Å². The van der Waals surface area contributed by atoms with Gasteiger partial charge in [-0.3, -0.25) is 0 Å². The van der Waals surface area contributed by atoms with Crippen molar-refractivity contribution in [2.45, 2.75) is 65.5 Å². The van der Waals surface area contributed by atoms with Gasteiger partial charge < -0.3 is 4.90 Å². The Kier molecular flexibility index (Phi) is 4.78. The second-order valence-corrected chi connectivity index (χ2v) is 5.55.